The van der Waals surface area contributed by atoms with E-state index in [9.17, 15) is 8.42 Å². The second-order valence-corrected chi connectivity index (χ2v) is 7.22. The first-order valence-electron chi connectivity index (χ1n) is 4.27. The largest absolute Gasteiger partial charge is 0.228 e. The van der Waals surface area contributed by atoms with E-state index >= 15 is 0 Å². The lowest BCUT2D eigenvalue weighted by Crippen LogP contribution is -2.36. The molecule has 1 aliphatic rings. The summed E-state index contributed by atoms with van der Waals surface area (Å²) in [6.07, 6.45) is 8.28. The van der Waals surface area contributed by atoms with Gasteiger partial charge in [-0.05, 0) is 19.1 Å². The van der Waals surface area contributed by atoms with Crippen LogP contribution in [0.1, 0.15) is 32.1 Å². The van der Waals surface area contributed by atoms with Gasteiger partial charge in [0.25, 0.3) is 0 Å². The molecule has 1 rings (SSSR count). The summed E-state index contributed by atoms with van der Waals surface area (Å²) in [4.78, 5) is 0. The van der Waals surface area contributed by atoms with Crippen LogP contribution in [0.4, 0.5) is 0 Å². The van der Waals surface area contributed by atoms with Crippen molar-refractivity contribution in [3.8, 4) is 0 Å². The number of thioether (sulfide) groups is 1. The highest BCUT2D eigenvalue weighted by atomic mass is 32.3. The molecule has 0 saturated heterocycles. The van der Waals surface area contributed by atoms with Crippen LogP contribution in [0.15, 0.2) is 0 Å². The average Bonchev–Trinajstić information content (AvgIpc) is 2.04. The molecule has 1 aliphatic carbocycles. The molecule has 0 heterocycles. The lowest BCUT2D eigenvalue weighted by atomic mass is 10.00. The van der Waals surface area contributed by atoms with Crippen molar-refractivity contribution in [1.82, 2.24) is 0 Å². The molecule has 0 bridgehead atoms. The molecule has 0 aliphatic heterocycles. The van der Waals surface area contributed by atoms with Crippen molar-refractivity contribution in [3.05, 3.63) is 0 Å². The molecule has 72 valence electrons. The topological polar surface area (TPSA) is 34.1 Å². The molecule has 0 unspecified atom stereocenters. The molecule has 0 aromatic heterocycles. The minimum atomic E-state index is -2.87. The van der Waals surface area contributed by atoms with Crippen molar-refractivity contribution in [2.75, 3.05) is 12.5 Å². The van der Waals surface area contributed by atoms with Gasteiger partial charge in [0.2, 0.25) is 0 Å². The molecule has 2 nitrogen and oxygen atoms in total. The lowest BCUT2D eigenvalue weighted by Gasteiger charge is -2.33. The maximum absolute atomic E-state index is 11.5. The van der Waals surface area contributed by atoms with Crippen LogP contribution < -0.4 is 0 Å². The monoisotopic (exact) mass is 208 g/mol. The summed E-state index contributed by atoms with van der Waals surface area (Å²) in [5, 5.41) is 0. The van der Waals surface area contributed by atoms with Gasteiger partial charge in [-0.1, -0.05) is 19.3 Å². The number of sulfone groups is 1. The first-order chi connectivity index (χ1) is 5.52. The second-order valence-electron chi connectivity index (χ2n) is 3.45. The van der Waals surface area contributed by atoms with E-state index in [4.69, 9.17) is 0 Å². The second kappa shape index (κ2) is 3.58. The Morgan fingerprint density at radius 1 is 1.17 bits per heavy atom. The zero-order chi connectivity index (χ0) is 9.24. The molecular formula is C8H16O2S2. The fraction of sp³-hybridized carbons (Fsp3) is 1.00. The highest BCUT2D eigenvalue weighted by Gasteiger charge is 2.40. The van der Waals surface area contributed by atoms with Gasteiger partial charge in [-0.3, -0.25) is 0 Å². The Morgan fingerprint density at radius 2 is 1.67 bits per heavy atom. The SMILES string of the molecule is CSC1(S(C)(=O)=O)CCCCC1. The zero-order valence-corrected chi connectivity index (χ0v) is 9.30. The molecule has 0 spiro atoms. The minimum Gasteiger partial charge on any atom is -0.228 e. The summed E-state index contributed by atoms with van der Waals surface area (Å²) < 4.78 is 22.6. The van der Waals surface area contributed by atoms with Crippen LogP contribution in [0, 0.1) is 0 Å². The third-order valence-corrected chi connectivity index (χ3v) is 6.98. The Balaban J connectivity index is 2.88. The van der Waals surface area contributed by atoms with Gasteiger partial charge in [0.15, 0.2) is 9.84 Å². The third kappa shape index (κ3) is 1.79. The van der Waals surface area contributed by atoms with Gasteiger partial charge in [0.1, 0.15) is 4.08 Å². The van der Waals surface area contributed by atoms with Crippen molar-refractivity contribution in [3.63, 3.8) is 0 Å². The van der Waals surface area contributed by atoms with E-state index in [1.165, 1.54) is 24.4 Å². The smallest absolute Gasteiger partial charge is 0.162 e. The molecule has 4 heteroatoms. The standard InChI is InChI=1S/C8H16O2S2/c1-11-8(12(2,9)10)6-4-3-5-7-8/h3-7H2,1-2H3. The van der Waals surface area contributed by atoms with E-state index in [2.05, 4.69) is 0 Å². The quantitative estimate of drug-likeness (QED) is 0.696. The van der Waals surface area contributed by atoms with Crippen molar-refractivity contribution in [2.24, 2.45) is 0 Å². The molecule has 12 heavy (non-hydrogen) atoms. The summed E-state index contributed by atoms with van der Waals surface area (Å²) >= 11 is 1.51. The van der Waals surface area contributed by atoms with Crippen molar-refractivity contribution in [1.29, 1.82) is 0 Å². The van der Waals surface area contributed by atoms with Crippen molar-refractivity contribution >= 4 is 21.6 Å². The maximum Gasteiger partial charge on any atom is 0.162 e. The Bertz CT molecular complexity index is 238. The number of rotatable bonds is 2. The predicted molar refractivity (Wildman–Crippen MR) is 54.2 cm³/mol. The van der Waals surface area contributed by atoms with E-state index in [0.717, 1.165) is 25.7 Å². The van der Waals surface area contributed by atoms with Crippen LogP contribution in [-0.2, 0) is 9.84 Å². The number of hydrogen-bond donors (Lipinski definition) is 0. The summed E-state index contributed by atoms with van der Waals surface area (Å²) in [5.41, 5.74) is 0. The average molecular weight is 208 g/mol. The fourth-order valence-corrected chi connectivity index (χ4v) is 4.75. The summed E-state index contributed by atoms with van der Waals surface area (Å²) in [6.45, 7) is 0. The summed E-state index contributed by atoms with van der Waals surface area (Å²) in [5.74, 6) is 0. The highest BCUT2D eigenvalue weighted by molar-refractivity contribution is 8.14. The van der Waals surface area contributed by atoms with Crippen molar-refractivity contribution in [2.45, 2.75) is 36.2 Å². The first kappa shape index (κ1) is 10.4. The molecule has 0 atom stereocenters. The molecule has 0 radical (unpaired) electrons. The van der Waals surface area contributed by atoms with E-state index < -0.39 is 13.9 Å². The molecule has 1 fully saturated rings. The maximum atomic E-state index is 11.5. The van der Waals surface area contributed by atoms with Gasteiger partial charge in [-0.2, -0.15) is 0 Å². The Labute approximate surface area is 79.0 Å². The fourth-order valence-electron chi connectivity index (χ4n) is 1.82. The molecule has 1 saturated carbocycles. The molecular weight excluding hydrogens is 192 g/mol. The van der Waals surface area contributed by atoms with Gasteiger partial charge < -0.3 is 0 Å². The van der Waals surface area contributed by atoms with Crippen LogP contribution in [0.5, 0.6) is 0 Å². The summed E-state index contributed by atoms with van der Waals surface area (Å²) in [6, 6.07) is 0. The van der Waals surface area contributed by atoms with Gasteiger partial charge in [-0.15, -0.1) is 11.8 Å². The number of hydrogen-bond acceptors (Lipinski definition) is 3. The normalized spacial score (nSPS) is 23.8. The molecule has 0 N–H and O–H groups in total. The Kier molecular flexibility index (Phi) is 3.10. The Morgan fingerprint density at radius 3 is 1.92 bits per heavy atom. The van der Waals surface area contributed by atoms with Gasteiger partial charge in [-0.25, -0.2) is 8.42 Å². The molecule has 0 aromatic rings. The van der Waals surface area contributed by atoms with Crippen LogP contribution in [0.2, 0.25) is 0 Å². The van der Waals surface area contributed by atoms with E-state index in [1.54, 1.807) is 0 Å². The highest BCUT2D eigenvalue weighted by Crippen LogP contribution is 2.42. The van der Waals surface area contributed by atoms with Crippen LogP contribution >= 0.6 is 11.8 Å². The molecule has 0 aromatic carbocycles. The zero-order valence-electron chi connectivity index (χ0n) is 7.67. The van der Waals surface area contributed by atoms with Gasteiger partial charge in [0, 0.05) is 6.26 Å². The Hall–Kier alpha value is 0.300. The van der Waals surface area contributed by atoms with E-state index in [0.29, 0.717) is 0 Å². The van der Waals surface area contributed by atoms with Crippen LogP contribution in [0.3, 0.4) is 0 Å². The van der Waals surface area contributed by atoms with Crippen LogP contribution in [0.25, 0.3) is 0 Å². The third-order valence-electron chi connectivity index (χ3n) is 2.66. The summed E-state index contributed by atoms with van der Waals surface area (Å²) in [7, 11) is -2.87. The minimum absolute atomic E-state index is 0.453. The first-order valence-corrected chi connectivity index (χ1v) is 7.38. The molecule has 0 amide bonds. The van der Waals surface area contributed by atoms with Crippen LogP contribution in [-0.4, -0.2) is 25.0 Å². The van der Waals surface area contributed by atoms with E-state index in [-0.39, 0.29) is 0 Å². The van der Waals surface area contributed by atoms with Gasteiger partial charge in [0.05, 0.1) is 0 Å². The predicted octanol–water partition coefficient (Wildman–Crippen LogP) is 2.05. The van der Waals surface area contributed by atoms with Crippen molar-refractivity contribution < 1.29 is 8.42 Å². The van der Waals surface area contributed by atoms with E-state index in [1.807, 2.05) is 6.26 Å². The van der Waals surface area contributed by atoms with Gasteiger partial charge >= 0.3 is 0 Å². The lowest BCUT2D eigenvalue weighted by molar-refractivity contribution is 0.462.